The van der Waals surface area contributed by atoms with Gasteiger partial charge in [0.05, 0.1) is 11.6 Å². The van der Waals surface area contributed by atoms with Crippen LogP contribution in [0.5, 0.6) is 0 Å². The maximum absolute atomic E-state index is 13.4. The molecule has 1 rings (SSSR count). The van der Waals surface area contributed by atoms with Crippen molar-refractivity contribution in [3.8, 4) is 0 Å². The second-order valence-electron chi connectivity index (χ2n) is 3.60. The van der Waals surface area contributed by atoms with E-state index in [1.54, 1.807) is 21.1 Å². The van der Waals surface area contributed by atoms with E-state index in [-0.39, 0.29) is 23.3 Å². The molecular formula is C10H13ClFN3O. The highest BCUT2D eigenvalue weighted by Crippen LogP contribution is 2.18. The zero-order valence-electron chi connectivity index (χ0n) is 9.37. The second kappa shape index (κ2) is 5.12. The van der Waals surface area contributed by atoms with Crippen LogP contribution in [0, 0.1) is 5.82 Å². The Hall–Kier alpha value is -1.36. The van der Waals surface area contributed by atoms with Crippen molar-refractivity contribution >= 4 is 23.3 Å². The molecule has 0 unspecified atom stereocenters. The predicted molar refractivity (Wildman–Crippen MR) is 61.2 cm³/mol. The van der Waals surface area contributed by atoms with E-state index >= 15 is 0 Å². The third kappa shape index (κ3) is 3.06. The van der Waals surface area contributed by atoms with E-state index in [0.29, 0.717) is 0 Å². The molecule has 0 bridgehead atoms. The minimum absolute atomic E-state index is 0.0680. The van der Waals surface area contributed by atoms with E-state index in [2.05, 4.69) is 4.98 Å². The smallest absolute Gasteiger partial charge is 0.241 e. The summed E-state index contributed by atoms with van der Waals surface area (Å²) in [5.74, 6) is -0.556. The third-order valence-corrected chi connectivity index (χ3v) is 2.23. The van der Waals surface area contributed by atoms with E-state index in [0.717, 1.165) is 0 Å². The van der Waals surface area contributed by atoms with Crippen LogP contribution in [0.15, 0.2) is 12.3 Å². The van der Waals surface area contributed by atoms with Gasteiger partial charge in [-0.1, -0.05) is 11.6 Å². The van der Waals surface area contributed by atoms with Gasteiger partial charge in [-0.05, 0) is 6.07 Å². The van der Waals surface area contributed by atoms with Gasteiger partial charge in [0, 0.05) is 27.3 Å². The summed E-state index contributed by atoms with van der Waals surface area (Å²) < 4.78 is 13.4. The lowest BCUT2D eigenvalue weighted by molar-refractivity contribution is -0.127. The first-order valence-corrected chi connectivity index (χ1v) is 5.02. The number of hydrogen-bond donors (Lipinski definition) is 0. The minimum Gasteiger partial charge on any atom is -0.348 e. The molecule has 0 fully saturated rings. The molecular weight excluding hydrogens is 233 g/mol. The molecule has 0 radical (unpaired) electrons. The molecule has 1 heterocycles. The largest absolute Gasteiger partial charge is 0.348 e. The van der Waals surface area contributed by atoms with Crippen LogP contribution in [0.25, 0.3) is 0 Å². The van der Waals surface area contributed by atoms with Crippen LogP contribution in [0.2, 0.25) is 5.02 Å². The lowest BCUT2D eigenvalue weighted by atomic mass is 10.4. The van der Waals surface area contributed by atoms with E-state index in [1.807, 2.05) is 0 Å². The Morgan fingerprint density at radius 3 is 2.62 bits per heavy atom. The van der Waals surface area contributed by atoms with Gasteiger partial charge in [-0.3, -0.25) is 4.79 Å². The number of anilines is 1. The zero-order chi connectivity index (χ0) is 12.3. The van der Waals surface area contributed by atoms with Crippen LogP contribution in [-0.4, -0.2) is 43.5 Å². The molecule has 1 aromatic heterocycles. The van der Waals surface area contributed by atoms with Gasteiger partial charge in [-0.25, -0.2) is 9.37 Å². The van der Waals surface area contributed by atoms with Gasteiger partial charge in [0.1, 0.15) is 0 Å². The Morgan fingerprint density at radius 2 is 2.12 bits per heavy atom. The molecule has 0 aromatic carbocycles. The number of nitrogens with zero attached hydrogens (tertiary/aromatic N) is 3. The highest BCUT2D eigenvalue weighted by molar-refractivity contribution is 6.30. The molecule has 0 aliphatic carbocycles. The number of hydrogen-bond acceptors (Lipinski definition) is 3. The normalized spacial score (nSPS) is 10.1. The van der Waals surface area contributed by atoms with Gasteiger partial charge in [0.2, 0.25) is 5.91 Å². The van der Waals surface area contributed by atoms with Crippen molar-refractivity contribution in [3.05, 3.63) is 23.1 Å². The van der Waals surface area contributed by atoms with Gasteiger partial charge in [0.15, 0.2) is 11.6 Å². The lowest BCUT2D eigenvalue weighted by Crippen LogP contribution is -2.35. The fourth-order valence-electron chi connectivity index (χ4n) is 1.11. The molecule has 0 N–H and O–H groups in total. The monoisotopic (exact) mass is 245 g/mol. The Bertz CT molecular complexity index is 398. The third-order valence-electron chi connectivity index (χ3n) is 2.02. The molecule has 0 saturated heterocycles. The summed E-state index contributed by atoms with van der Waals surface area (Å²) in [4.78, 5) is 18.1. The number of carbonyl (C=O) groups is 1. The van der Waals surface area contributed by atoms with Crippen molar-refractivity contribution in [2.75, 3.05) is 32.6 Å². The summed E-state index contributed by atoms with van der Waals surface area (Å²) in [5, 5.41) is 0.230. The molecule has 6 heteroatoms. The van der Waals surface area contributed by atoms with Crippen molar-refractivity contribution in [1.29, 1.82) is 0 Å². The number of halogens is 2. The lowest BCUT2D eigenvalue weighted by Gasteiger charge is -2.20. The highest BCUT2D eigenvalue weighted by Gasteiger charge is 2.14. The number of likely N-dealkylation sites (N-methyl/N-ethyl adjacent to an activating group) is 2. The number of carbonyl (C=O) groups excluding carboxylic acids is 1. The Morgan fingerprint density at radius 1 is 1.50 bits per heavy atom. The van der Waals surface area contributed by atoms with Crippen LogP contribution in [0.4, 0.5) is 10.2 Å². The molecule has 0 spiro atoms. The van der Waals surface area contributed by atoms with Crippen LogP contribution in [0.1, 0.15) is 0 Å². The molecule has 0 atom stereocenters. The SMILES string of the molecule is CN(C)C(=O)CN(C)c1ncc(Cl)cc1F. The Labute approximate surface area is 98.6 Å². The maximum Gasteiger partial charge on any atom is 0.241 e. The molecule has 0 saturated carbocycles. The van der Waals surface area contributed by atoms with Crippen molar-refractivity contribution in [2.45, 2.75) is 0 Å². The van der Waals surface area contributed by atoms with Gasteiger partial charge in [-0.2, -0.15) is 0 Å². The molecule has 1 amide bonds. The standard InChI is InChI=1S/C10H13ClFN3O/c1-14(2)9(16)6-15(3)10-8(12)4-7(11)5-13-10/h4-5H,6H2,1-3H3. The number of rotatable bonds is 3. The summed E-state index contributed by atoms with van der Waals surface area (Å²) in [6.45, 7) is 0.0680. The van der Waals surface area contributed by atoms with E-state index in [4.69, 9.17) is 11.6 Å². The van der Waals surface area contributed by atoms with Gasteiger partial charge >= 0.3 is 0 Å². The highest BCUT2D eigenvalue weighted by atomic mass is 35.5. The summed E-state index contributed by atoms with van der Waals surface area (Å²) in [6, 6.07) is 1.17. The summed E-state index contributed by atoms with van der Waals surface area (Å²) >= 11 is 5.58. The van der Waals surface area contributed by atoms with Gasteiger partial charge in [-0.15, -0.1) is 0 Å². The first-order valence-electron chi connectivity index (χ1n) is 4.64. The number of amides is 1. The molecule has 0 aliphatic rings. The molecule has 0 aliphatic heterocycles. The van der Waals surface area contributed by atoms with Crippen LogP contribution < -0.4 is 4.90 Å². The molecule has 88 valence electrons. The Balaban J connectivity index is 2.80. The number of aromatic nitrogens is 1. The van der Waals surface area contributed by atoms with Crippen LogP contribution in [0.3, 0.4) is 0 Å². The van der Waals surface area contributed by atoms with Crippen molar-refractivity contribution in [3.63, 3.8) is 0 Å². The van der Waals surface area contributed by atoms with E-state index in [1.165, 1.54) is 22.1 Å². The van der Waals surface area contributed by atoms with Crippen LogP contribution >= 0.6 is 11.6 Å². The molecule has 16 heavy (non-hydrogen) atoms. The van der Waals surface area contributed by atoms with E-state index in [9.17, 15) is 9.18 Å². The first kappa shape index (κ1) is 12.7. The van der Waals surface area contributed by atoms with Crippen LogP contribution in [-0.2, 0) is 4.79 Å². The van der Waals surface area contributed by atoms with Crippen molar-refractivity contribution in [2.24, 2.45) is 0 Å². The fourth-order valence-corrected chi connectivity index (χ4v) is 1.25. The van der Waals surface area contributed by atoms with Gasteiger partial charge in [0.25, 0.3) is 0 Å². The fraction of sp³-hybridized carbons (Fsp3) is 0.400. The summed E-state index contributed by atoms with van der Waals surface area (Å²) in [7, 11) is 4.88. The second-order valence-corrected chi connectivity index (χ2v) is 4.04. The minimum atomic E-state index is -0.540. The zero-order valence-corrected chi connectivity index (χ0v) is 10.1. The quantitative estimate of drug-likeness (QED) is 0.808. The summed E-state index contributed by atoms with van der Waals surface area (Å²) in [5.41, 5.74) is 0. The molecule has 1 aromatic rings. The van der Waals surface area contributed by atoms with Crippen molar-refractivity contribution < 1.29 is 9.18 Å². The van der Waals surface area contributed by atoms with E-state index < -0.39 is 5.82 Å². The first-order chi connectivity index (χ1) is 7.41. The van der Waals surface area contributed by atoms with Gasteiger partial charge < -0.3 is 9.80 Å². The average Bonchev–Trinajstić information content (AvgIpc) is 2.16. The number of pyridine rings is 1. The maximum atomic E-state index is 13.4. The van der Waals surface area contributed by atoms with Crippen molar-refractivity contribution in [1.82, 2.24) is 9.88 Å². The topological polar surface area (TPSA) is 36.4 Å². The molecule has 4 nitrogen and oxygen atoms in total. The average molecular weight is 246 g/mol. The predicted octanol–water partition coefficient (Wildman–Crippen LogP) is 1.40. The Kier molecular flexibility index (Phi) is 4.06. The summed E-state index contributed by atoms with van der Waals surface area (Å²) in [6.07, 6.45) is 1.34.